The molecule has 0 N–H and O–H groups in total. The van der Waals surface area contributed by atoms with Crippen LogP contribution in [0.2, 0.25) is 0 Å². The molecule has 0 aliphatic rings. The Labute approximate surface area is 331 Å². The van der Waals surface area contributed by atoms with Gasteiger partial charge < -0.3 is 0 Å². The summed E-state index contributed by atoms with van der Waals surface area (Å²) in [6, 6.07) is 67.2. The molecule has 0 spiro atoms. The quantitative estimate of drug-likeness (QED) is 0.153. The van der Waals surface area contributed by atoms with Gasteiger partial charge in [0, 0.05) is 38.7 Å². The second kappa shape index (κ2) is 14.5. The first kappa shape index (κ1) is 33.9. The largest absolute Gasteiger partial charge is 0.251 e. The van der Waals surface area contributed by atoms with Gasteiger partial charge in [0.15, 0.2) is 17.5 Å². The molecule has 0 radical (unpaired) electrons. The molecule has 0 saturated heterocycles. The van der Waals surface area contributed by atoms with E-state index in [0.717, 1.165) is 83.3 Å². The van der Waals surface area contributed by atoms with Crippen molar-refractivity contribution in [2.45, 2.75) is 6.92 Å². The summed E-state index contributed by atoms with van der Waals surface area (Å²) in [6.07, 6.45) is 0. The SMILES string of the molecule is Cc1ccc2ccc3c(-c4ccc(-c5ccc(-c6nc(-c7ccccc7)nc(-c7ccc(-c8ccccc8)cc7)n6)cc5)cc4)cc(-c4ccccc4)nc3c2n1. The number of fused-ring (bicyclic) bond motifs is 3. The Hall–Kier alpha value is -7.63. The van der Waals surface area contributed by atoms with Gasteiger partial charge in [0.25, 0.3) is 0 Å². The van der Waals surface area contributed by atoms with Crippen LogP contribution in [0.25, 0.3) is 101 Å². The van der Waals surface area contributed by atoms with Crippen molar-refractivity contribution >= 4 is 21.8 Å². The van der Waals surface area contributed by atoms with Gasteiger partial charge in [-0.25, -0.2) is 19.9 Å². The fraction of sp³-hybridized carbons (Fsp3) is 0.0192. The van der Waals surface area contributed by atoms with Crippen LogP contribution in [0.15, 0.2) is 194 Å². The maximum Gasteiger partial charge on any atom is 0.164 e. The van der Waals surface area contributed by atoms with Gasteiger partial charge in [-0.05, 0) is 52.4 Å². The molecule has 0 saturated carbocycles. The third-order valence-corrected chi connectivity index (χ3v) is 10.4. The summed E-state index contributed by atoms with van der Waals surface area (Å²) in [5.74, 6) is 1.90. The van der Waals surface area contributed by atoms with Gasteiger partial charge in [-0.1, -0.05) is 182 Å². The smallest absolute Gasteiger partial charge is 0.164 e. The normalized spacial score (nSPS) is 11.2. The summed E-state index contributed by atoms with van der Waals surface area (Å²) in [4.78, 5) is 25.0. The second-order valence-corrected chi connectivity index (χ2v) is 14.2. The summed E-state index contributed by atoms with van der Waals surface area (Å²) in [7, 11) is 0. The highest BCUT2D eigenvalue weighted by atomic mass is 15.0. The predicted molar refractivity (Wildman–Crippen MR) is 233 cm³/mol. The highest BCUT2D eigenvalue weighted by Crippen LogP contribution is 2.36. The van der Waals surface area contributed by atoms with Crippen LogP contribution in [0.5, 0.6) is 0 Å². The summed E-state index contributed by atoms with van der Waals surface area (Å²) in [6.45, 7) is 2.03. The Kier molecular flexibility index (Phi) is 8.65. The van der Waals surface area contributed by atoms with E-state index in [2.05, 4.69) is 152 Å². The van der Waals surface area contributed by atoms with E-state index in [1.54, 1.807) is 0 Å². The molecule has 57 heavy (non-hydrogen) atoms. The number of rotatable bonds is 7. The predicted octanol–water partition coefficient (Wildman–Crippen LogP) is 12.9. The van der Waals surface area contributed by atoms with Crippen molar-refractivity contribution in [2.24, 2.45) is 0 Å². The van der Waals surface area contributed by atoms with E-state index in [1.165, 1.54) is 5.56 Å². The van der Waals surface area contributed by atoms with Crippen LogP contribution in [-0.4, -0.2) is 24.9 Å². The lowest BCUT2D eigenvalue weighted by atomic mass is 9.95. The van der Waals surface area contributed by atoms with Crippen LogP contribution < -0.4 is 0 Å². The molecule has 0 unspecified atom stereocenters. The maximum absolute atomic E-state index is 5.18. The molecule has 3 heterocycles. The molecule has 0 aliphatic carbocycles. The zero-order valence-corrected chi connectivity index (χ0v) is 31.2. The molecule has 0 fully saturated rings. The van der Waals surface area contributed by atoms with E-state index in [-0.39, 0.29) is 0 Å². The van der Waals surface area contributed by atoms with E-state index in [9.17, 15) is 0 Å². The first-order valence-corrected chi connectivity index (χ1v) is 19.1. The summed E-state index contributed by atoms with van der Waals surface area (Å²) < 4.78 is 0. The monoisotopic (exact) mass is 729 g/mol. The van der Waals surface area contributed by atoms with Crippen molar-refractivity contribution in [2.75, 3.05) is 0 Å². The molecule has 268 valence electrons. The molecule has 10 rings (SSSR count). The summed E-state index contributed by atoms with van der Waals surface area (Å²) in [5, 5.41) is 2.16. The van der Waals surface area contributed by atoms with E-state index in [0.29, 0.717) is 17.5 Å². The molecule has 7 aromatic carbocycles. The molecule has 0 atom stereocenters. The third-order valence-electron chi connectivity index (χ3n) is 10.4. The van der Waals surface area contributed by atoms with Crippen molar-refractivity contribution in [3.8, 4) is 78.8 Å². The van der Waals surface area contributed by atoms with E-state index in [4.69, 9.17) is 24.9 Å². The lowest BCUT2D eigenvalue weighted by Crippen LogP contribution is -2.00. The lowest BCUT2D eigenvalue weighted by molar-refractivity contribution is 1.07. The molecule has 0 aliphatic heterocycles. The Morgan fingerprint density at radius 3 is 1.23 bits per heavy atom. The van der Waals surface area contributed by atoms with E-state index in [1.807, 2.05) is 49.4 Å². The number of aryl methyl sites for hydroxylation is 1. The van der Waals surface area contributed by atoms with Gasteiger partial charge in [0.05, 0.1) is 16.7 Å². The average molecular weight is 730 g/mol. The molecule has 10 aromatic rings. The number of pyridine rings is 2. The van der Waals surface area contributed by atoms with Crippen molar-refractivity contribution in [1.82, 2.24) is 24.9 Å². The third kappa shape index (κ3) is 6.72. The van der Waals surface area contributed by atoms with Crippen molar-refractivity contribution in [1.29, 1.82) is 0 Å². The van der Waals surface area contributed by atoms with Crippen LogP contribution in [-0.2, 0) is 0 Å². The number of aromatic nitrogens is 5. The Morgan fingerprint density at radius 1 is 0.298 bits per heavy atom. The number of hydrogen-bond acceptors (Lipinski definition) is 5. The van der Waals surface area contributed by atoms with Gasteiger partial charge in [-0.3, -0.25) is 4.98 Å². The molecule has 5 nitrogen and oxygen atoms in total. The van der Waals surface area contributed by atoms with E-state index >= 15 is 0 Å². The first-order valence-electron chi connectivity index (χ1n) is 19.1. The highest BCUT2D eigenvalue weighted by molar-refractivity contribution is 6.09. The van der Waals surface area contributed by atoms with E-state index < -0.39 is 0 Å². The Morgan fingerprint density at radius 2 is 0.702 bits per heavy atom. The maximum atomic E-state index is 5.18. The Balaban J connectivity index is 0.993. The molecular formula is C52H35N5. The number of hydrogen-bond donors (Lipinski definition) is 0. The minimum Gasteiger partial charge on any atom is -0.251 e. The van der Waals surface area contributed by atoms with Gasteiger partial charge in [-0.2, -0.15) is 0 Å². The number of benzene rings is 7. The Bertz CT molecular complexity index is 3020. The fourth-order valence-corrected chi connectivity index (χ4v) is 7.41. The molecular weight excluding hydrogens is 695 g/mol. The second-order valence-electron chi connectivity index (χ2n) is 14.2. The summed E-state index contributed by atoms with van der Waals surface area (Å²) in [5.41, 5.74) is 14.4. The van der Waals surface area contributed by atoms with Gasteiger partial charge in [-0.15, -0.1) is 0 Å². The van der Waals surface area contributed by atoms with Crippen molar-refractivity contribution < 1.29 is 0 Å². The molecule has 0 bridgehead atoms. The van der Waals surface area contributed by atoms with Gasteiger partial charge in [0.2, 0.25) is 0 Å². The van der Waals surface area contributed by atoms with Crippen LogP contribution in [0.1, 0.15) is 5.69 Å². The van der Waals surface area contributed by atoms with Crippen LogP contribution >= 0.6 is 0 Å². The van der Waals surface area contributed by atoms with Gasteiger partial charge >= 0.3 is 0 Å². The van der Waals surface area contributed by atoms with Gasteiger partial charge in [0.1, 0.15) is 0 Å². The molecule has 5 heteroatoms. The zero-order chi connectivity index (χ0) is 38.1. The lowest BCUT2D eigenvalue weighted by Gasteiger charge is -2.13. The molecule has 3 aromatic heterocycles. The number of nitrogens with zero attached hydrogens (tertiary/aromatic N) is 5. The first-order chi connectivity index (χ1) is 28.1. The molecule has 0 amide bonds. The highest BCUT2D eigenvalue weighted by Gasteiger charge is 2.15. The van der Waals surface area contributed by atoms with Crippen molar-refractivity contribution in [3.63, 3.8) is 0 Å². The minimum atomic E-state index is 0.629. The van der Waals surface area contributed by atoms with Crippen LogP contribution in [0, 0.1) is 6.92 Å². The van der Waals surface area contributed by atoms with Crippen LogP contribution in [0.3, 0.4) is 0 Å². The standard InChI is InChI=1S/C52H35N5/c1-34-17-18-41-31-32-45-46(33-47(40-13-7-3-8-14-40)54-49(45)48(41)53-34)39-25-19-37(20-26-39)38-23-29-44(30-24-38)52-56-50(42-15-9-4-10-16-42)55-51(57-52)43-27-21-36(22-28-43)35-11-5-2-6-12-35/h2-33H,1H3. The minimum absolute atomic E-state index is 0.629. The summed E-state index contributed by atoms with van der Waals surface area (Å²) >= 11 is 0. The van der Waals surface area contributed by atoms with Crippen molar-refractivity contribution in [3.05, 3.63) is 200 Å². The fourth-order valence-electron chi connectivity index (χ4n) is 7.41. The zero-order valence-electron chi connectivity index (χ0n) is 31.2. The average Bonchev–Trinajstić information content (AvgIpc) is 3.29. The topological polar surface area (TPSA) is 64.5 Å². The van der Waals surface area contributed by atoms with Crippen LogP contribution in [0.4, 0.5) is 0 Å².